The summed E-state index contributed by atoms with van der Waals surface area (Å²) in [6.45, 7) is 14.5. The van der Waals surface area contributed by atoms with Crippen LogP contribution in [0.25, 0.3) is 0 Å². The SMILES string of the molecule is CC.[CH2-]C1([CH2-])CCCC(CC)C1.[W+2]. The van der Waals surface area contributed by atoms with Crippen molar-refractivity contribution in [3.05, 3.63) is 13.8 Å². The van der Waals surface area contributed by atoms with Crippen LogP contribution >= 0.6 is 0 Å². The minimum atomic E-state index is 0. The molecule has 0 bridgehead atoms. The van der Waals surface area contributed by atoms with E-state index in [4.69, 9.17) is 0 Å². The molecule has 0 aromatic heterocycles. The van der Waals surface area contributed by atoms with Crippen LogP contribution in [-0.4, -0.2) is 0 Å². The molecule has 13 heavy (non-hydrogen) atoms. The molecule has 0 heterocycles. The van der Waals surface area contributed by atoms with Crippen molar-refractivity contribution in [2.24, 2.45) is 11.3 Å². The summed E-state index contributed by atoms with van der Waals surface area (Å²) in [4.78, 5) is 0. The standard InChI is InChI=1S/C10H18.C2H6.W/c1-4-9-6-5-7-10(2,3)8-9;1-2;/h9H,2-8H2,1H3;1-2H3;/q-2;;+2. The van der Waals surface area contributed by atoms with Gasteiger partial charge < -0.3 is 13.8 Å². The number of hydrogen-bond acceptors (Lipinski definition) is 0. The molecule has 0 spiro atoms. The maximum absolute atomic E-state index is 4.12. The van der Waals surface area contributed by atoms with Gasteiger partial charge in [-0.3, -0.25) is 5.41 Å². The van der Waals surface area contributed by atoms with Gasteiger partial charge in [0.2, 0.25) is 0 Å². The third-order valence-corrected chi connectivity index (χ3v) is 2.62. The number of rotatable bonds is 1. The molecule has 1 rings (SSSR count). The van der Waals surface area contributed by atoms with Crippen molar-refractivity contribution < 1.29 is 21.1 Å². The summed E-state index contributed by atoms with van der Waals surface area (Å²) in [6.07, 6.45) is 6.52. The van der Waals surface area contributed by atoms with Crippen molar-refractivity contribution in [1.29, 1.82) is 0 Å². The third-order valence-electron chi connectivity index (χ3n) is 2.62. The van der Waals surface area contributed by atoms with Gasteiger partial charge in [-0.15, -0.1) is 6.42 Å². The van der Waals surface area contributed by atoms with E-state index in [1.54, 1.807) is 0 Å². The molecule has 0 N–H and O–H groups in total. The maximum Gasteiger partial charge on any atom is 2.00 e. The molecule has 1 atom stereocenters. The summed E-state index contributed by atoms with van der Waals surface area (Å²) in [7, 11) is 0. The minimum Gasteiger partial charge on any atom is -0.367 e. The van der Waals surface area contributed by atoms with E-state index >= 15 is 0 Å². The van der Waals surface area contributed by atoms with Crippen LogP contribution in [0.5, 0.6) is 0 Å². The van der Waals surface area contributed by atoms with Crippen molar-refractivity contribution in [3.63, 3.8) is 0 Å². The fourth-order valence-electron chi connectivity index (χ4n) is 1.93. The van der Waals surface area contributed by atoms with Crippen molar-refractivity contribution in [3.8, 4) is 0 Å². The van der Waals surface area contributed by atoms with Gasteiger partial charge in [-0.05, 0) is 5.92 Å². The van der Waals surface area contributed by atoms with Crippen LogP contribution in [0.2, 0.25) is 0 Å². The van der Waals surface area contributed by atoms with Crippen LogP contribution in [0.4, 0.5) is 0 Å². The van der Waals surface area contributed by atoms with E-state index in [1.165, 1.54) is 32.1 Å². The van der Waals surface area contributed by atoms with E-state index in [0.29, 0.717) is 0 Å². The van der Waals surface area contributed by atoms with Gasteiger partial charge >= 0.3 is 21.1 Å². The van der Waals surface area contributed by atoms with Gasteiger partial charge in [0.05, 0.1) is 0 Å². The summed E-state index contributed by atoms with van der Waals surface area (Å²) < 4.78 is 0. The van der Waals surface area contributed by atoms with Crippen LogP contribution in [0.15, 0.2) is 0 Å². The number of hydrogen-bond donors (Lipinski definition) is 0. The van der Waals surface area contributed by atoms with Gasteiger partial charge in [0.25, 0.3) is 0 Å². The van der Waals surface area contributed by atoms with E-state index < -0.39 is 0 Å². The van der Waals surface area contributed by atoms with Gasteiger partial charge in [0.15, 0.2) is 0 Å². The molecular formula is C12H24W. The van der Waals surface area contributed by atoms with E-state index in [-0.39, 0.29) is 26.5 Å². The van der Waals surface area contributed by atoms with Gasteiger partial charge in [-0.25, -0.2) is 0 Å². The molecule has 0 aromatic rings. The monoisotopic (exact) mass is 352 g/mol. The van der Waals surface area contributed by atoms with Crippen LogP contribution < -0.4 is 0 Å². The molecule has 78 valence electrons. The Morgan fingerprint density at radius 1 is 1.31 bits per heavy atom. The first-order valence-electron chi connectivity index (χ1n) is 5.35. The Morgan fingerprint density at radius 2 is 1.85 bits per heavy atom. The normalized spacial score (nSPS) is 25.2. The molecule has 1 heteroatoms. The van der Waals surface area contributed by atoms with Crippen molar-refractivity contribution >= 4 is 0 Å². The van der Waals surface area contributed by atoms with E-state index in [0.717, 1.165) is 5.92 Å². The molecule has 0 radical (unpaired) electrons. The van der Waals surface area contributed by atoms with Gasteiger partial charge in [0.1, 0.15) is 0 Å². The van der Waals surface area contributed by atoms with Gasteiger partial charge in [0, 0.05) is 0 Å². The molecule has 0 nitrogen and oxygen atoms in total. The van der Waals surface area contributed by atoms with Crippen LogP contribution in [0, 0.1) is 25.2 Å². The Kier molecular flexibility index (Phi) is 9.97. The third kappa shape index (κ3) is 6.72. The van der Waals surface area contributed by atoms with Crippen LogP contribution in [0.1, 0.15) is 52.9 Å². The maximum atomic E-state index is 4.12. The fourth-order valence-corrected chi connectivity index (χ4v) is 1.93. The predicted molar refractivity (Wildman–Crippen MR) is 56.7 cm³/mol. The summed E-state index contributed by atoms with van der Waals surface area (Å²) in [5.41, 5.74) is 0.152. The molecule has 0 aliphatic heterocycles. The van der Waals surface area contributed by atoms with E-state index in [9.17, 15) is 0 Å². The molecule has 1 aliphatic carbocycles. The second-order valence-electron chi connectivity index (χ2n) is 3.87. The van der Waals surface area contributed by atoms with E-state index in [2.05, 4.69) is 20.8 Å². The molecule has 1 unspecified atom stereocenters. The Morgan fingerprint density at radius 3 is 2.15 bits per heavy atom. The van der Waals surface area contributed by atoms with Crippen LogP contribution in [0.3, 0.4) is 0 Å². The molecule has 0 saturated heterocycles. The zero-order valence-corrected chi connectivity index (χ0v) is 12.4. The average Bonchev–Trinajstić information content (AvgIpc) is 2.06. The Bertz CT molecular complexity index is 108. The Labute approximate surface area is 99.1 Å². The smallest absolute Gasteiger partial charge is 0.367 e. The zero-order valence-electron chi connectivity index (χ0n) is 9.44. The molecule has 1 aliphatic rings. The molecule has 0 aromatic carbocycles. The van der Waals surface area contributed by atoms with Crippen LogP contribution in [-0.2, 0) is 21.1 Å². The van der Waals surface area contributed by atoms with Gasteiger partial charge in [-0.2, -0.15) is 0 Å². The average molecular weight is 352 g/mol. The molecule has 0 amide bonds. The minimum absolute atomic E-state index is 0. The van der Waals surface area contributed by atoms with Crippen molar-refractivity contribution in [1.82, 2.24) is 0 Å². The second kappa shape index (κ2) is 8.03. The molecular weight excluding hydrogens is 328 g/mol. The summed E-state index contributed by atoms with van der Waals surface area (Å²) >= 11 is 0. The summed E-state index contributed by atoms with van der Waals surface area (Å²) in [5, 5.41) is 0. The van der Waals surface area contributed by atoms with Gasteiger partial charge in [-0.1, -0.05) is 46.5 Å². The zero-order chi connectivity index (χ0) is 9.61. The quantitative estimate of drug-likeness (QED) is 0.619. The summed E-state index contributed by atoms with van der Waals surface area (Å²) in [6, 6.07) is 0. The largest absolute Gasteiger partial charge is 2.00 e. The van der Waals surface area contributed by atoms with E-state index in [1.807, 2.05) is 13.8 Å². The predicted octanol–water partition coefficient (Wildman–Crippen LogP) is 4.26. The Balaban J connectivity index is 0. The first-order valence-corrected chi connectivity index (χ1v) is 5.35. The molecule has 1 saturated carbocycles. The fraction of sp³-hybridized carbons (Fsp3) is 0.833. The molecule has 1 fully saturated rings. The second-order valence-corrected chi connectivity index (χ2v) is 3.87. The Hall–Kier alpha value is 0.688. The summed E-state index contributed by atoms with van der Waals surface area (Å²) in [5.74, 6) is 0.906. The first-order chi connectivity index (χ1) is 5.64. The van der Waals surface area contributed by atoms with Crippen molar-refractivity contribution in [2.45, 2.75) is 52.9 Å². The first kappa shape index (κ1) is 16.1. The van der Waals surface area contributed by atoms with Crippen molar-refractivity contribution in [2.75, 3.05) is 0 Å². The topological polar surface area (TPSA) is 0 Å².